The van der Waals surface area contributed by atoms with Gasteiger partial charge in [0.15, 0.2) is 21.3 Å². The number of sulfone groups is 1. The number of hydrogen-bond donors (Lipinski definition) is 1. The quantitative estimate of drug-likeness (QED) is 0.556. The number of benzene rings is 1. The van der Waals surface area contributed by atoms with Crippen molar-refractivity contribution in [2.24, 2.45) is 0 Å². The molecule has 2 heterocycles. The summed E-state index contributed by atoms with van der Waals surface area (Å²) in [6.45, 7) is 4.05. The number of rotatable bonds is 10. The molecule has 1 aromatic rings. The first-order valence-corrected chi connectivity index (χ1v) is 14.3. The Morgan fingerprint density at radius 2 is 1.76 bits per heavy atom. The van der Waals surface area contributed by atoms with Crippen LogP contribution in [0.25, 0.3) is 0 Å². The molecule has 2 fully saturated rings. The van der Waals surface area contributed by atoms with Crippen molar-refractivity contribution in [3.05, 3.63) is 23.8 Å². The van der Waals surface area contributed by atoms with E-state index < -0.39 is 9.84 Å². The number of nitrogens with one attached hydrogen (secondary N) is 1. The number of nitrogens with zero attached hydrogens (tertiary/aromatic N) is 1. The van der Waals surface area contributed by atoms with E-state index in [0.29, 0.717) is 26.1 Å². The van der Waals surface area contributed by atoms with Crippen LogP contribution in [0, 0.1) is 0 Å². The molecule has 4 rings (SSSR count). The van der Waals surface area contributed by atoms with Crippen molar-refractivity contribution < 1.29 is 22.7 Å². The molecule has 0 radical (unpaired) electrons. The molecule has 0 aromatic heterocycles. The molecule has 1 N–H and O–H groups in total. The Labute approximate surface area is 198 Å². The lowest BCUT2D eigenvalue weighted by Gasteiger charge is -2.26. The van der Waals surface area contributed by atoms with E-state index in [1.54, 1.807) is 0 Å². The second-order valence-electron chi connectivity index (χ2n) is 9.68. The van der Waals surface area contributed by atoms with E-state index in [1.807, 2.05) is 18.2 Å². The van der Waals surface area contributed by atoms with Gasteiger partial charge in [0.05, 0.1) is 11.0 Å². The molecule has 1 saturated carbocycles. The molecule has 1 saturated heterocycles. The highest BCUT2D eigenvalue weighted by Gasteiger charge is 2.27. The monoisotopic (exact) mass is 478 g/mol. The third-order valence-corrected chi connectivity index (χ3v) is 9.37. The van der Waals surface area contributed by atoms with Gasteiger partial charge >= 0.3 is 0 Å². The van der Waals surface area contributed by atoms with Gasteiger partial charge in [-0.2, -0.15) is 0 Å². The zero-order chi connectivity index (χ0) is 23.1. The van der Waals surface area contributed by atoms with Crippen LogP contribution < -0.4 is 14.8 Å². The summed E-state index contributed by atoms with van der Waals surface area (Å²) in [6, 6.07) is 5.96. The zero-order valence-corrected chi connectivity index (χ0v) is 20.4. The molecule has 8 heteroatoms. The van der Waals surface area contributed by atoms with Gasteiger partial charge in [-0.05, 0) is 69.3 Å². The normalized spacial score (nSPS) is 20.5. The summed E-state index contributed by atoms with van der Waals surface area (Å²) in [6.07, 6.45) is 8.45. The molecule has 0 spiro atoms. The first-order chi connectivity index (χ1) is 16.0. The minimum absolute atomic E-state index is 0.0203. The largest absolute Gasteiger partial charge is 0.486 e. The lowest BCUT2D eigenvalue weighted by atomic mass is 10.0. The van der Waals surface area contributed by atoms with E-state index in [4.69, 9.17) is 9.47 Å². The Balaban J connectivity index is 1.31. The first-order valence-electron chi connectivity index (χ1n) is 12.6. The van der Waals surface area contributed by atoms with Crippen molar-refractivity contribution in [3.63, 3.8) is 0 Å². The highest BCUT2D eigenvalue weighted by atomic mass is 32.2. The van der Waals surface area contributed by atoms with Crippen molar-refractivity contribution in [2.75, 3.05) is 38.6 Å². The fraction of sp³-hybridized carbons (Fsp3) is 0.720. The van der Waals surface area contributed by atoms with Crippen molar-refractivity contribution >= 4 is 15.7 Å². The Bertz CT molecular complexity index is 892. The summed E-state index contributed by atoms with van der Waals surface area (Å²) >= 11 is 0. The molecule has 1 amide bonds. The van der Waals surface area contributed by atoms with Crippen LogP contribution in [0.2, 0.25) is 0 Å². The van der Waals surface area contributed by atoms with Gasteiger partial charge in [-0.15, -0.1) is 0 Å². The number of hydrogen-bond acceptors (Lipinski definition) is 6. The summed E-state index contributed by atoms with van der Waals surface area (Å²) in [5.74, 6) is 1.59. The maximum absolute atomic E-state index is 12.7. The van der Waals surface area contributed by atoms with Crippen LogP contribution >= 0.6 is 0 Å². The van der Waals surface area contributed by atoms with Crippen LogP contribution in [0.3, 0.4) is 0 Å². The Hall–Kier alpha value is -1.80. The van der Waals surface area contributed by atoms with E-state index in [-0.39, 0.29) is 29.4 Å². The molecular weight excluding hydrogens is 440 g/mol. The molecule has 1 unspecified atom stereocenters. The Kier molecular flexibility index (Phi) is 8.52. The van der Waals surface area contributed by atoms with Crippen molar-refractivity contribution in [2.45, 2.75) is 75.5 Å². The van der Waals surface area contributed by atoms with Crippen molar-refractivity contribution in [3.8, 4) is 11.5 Å². The third-order valence-electron chi connectivity index (χ3n) is 7.02. The Morgan fingerprint density at radius 3 is 2.52 bits per heavy atom. The smallest absolute Gasteiger partial charge is 0.220 e. The average Bonchev–Trinajstić information content (AvgIpc) is 3.32. The van der Waals surface area contributed by atoms with Crippen LogP contribution in [0.1, 0.15) is 63.4 Å². The second-order valence-corrected chi connectivity index (χ2v) is 12.1. The van der Waals surface area contributed by atoms with E-state index >= 15 is 0 Å². The summed E-state index contributed by atoms with van der Waals surface area (Å²) in [5.41, 5.74) is 1.10. The van der Waals surface area contributed by atoms with Gasteiger partial charge in [0, 0.05) is 19.0 Å². The SMILES string of the molecule is O=C(CCCS(=O)(=O)C1CCCCC1)NC(Cc1ccc2c(c1)OCCO2)CN1CCCC1. The molecule has 2 aliphatic heterocycles. The van der Waals surface area contributed by atoms with Gasteiger partial charge in [0.2, 0.25) is 5.91 Å². The molecule has 33 heavy (non-hydrogen) atoms. The number of fused-ring (bicyclic) bond motifs is 1. The van der Waals surface area contributed by atoms with Crippen LogP contribution in [0.4, 0.5) is 0 Å². The lowest BCUT2D eigenvalue weighted by molar-refractivity contribution is -0.121. The first kappa shape index (κ1) is 24.3. The van der Waals surface area contributed by atoms with Gasteiger partial charge in [0.25, 0.3) is 0 Å². The second kappa shape index (κ2) is 11.6. The van der Waals surface area contributed by atoms with Gasteiger partial charge in [-0.3, -0.25) is 4.79 Å². The van der Waals surface area contributed by atoms with Gasteiger partial charge in [-0.1, -0.05) is 25.3 Å². The molecule has 7 nitrogen and oxygen atoms in total. The predicted octanol–water partition coefficient (Wildman–Crippen LogP) is 3.11. The minimum Gasteiger partial charge on any atom is -0.486 e. The molecule has 0 bridgehead atoms. The number of carbonyl (C=O) groups is 1. The van der Waals surface area contributed by atoms with Crippen LogP contribution in [0.5, 0.6) is 11.5 Å². The third kappa shape index (κ3) is 7.09. The van der Waals surface area contributed by atoms with E-state index in [2.05, 4.69) is 10.2 Å². The molecule has 1 atom stereocenters. The maximum atomic E-state index is 12.7. The predicted molar refractivity (Wildman–Crippen MR) is 129 cm³/mol. The maximum Gasteiger partial charge on any atom is 0.220 e. The van der Waals surface area contributed by atoms with E-state index in [1.165, 1.54) is 12.8 Å². The van der Waals surface area contributed by atoms with Gasteiger partial charge < -0.3 is 19.7 Å². The molecule has 1 aromatic carbocycles. The highest BCUT2D eigenvalue weighted by Crippen LogP contribution is 2.31. The average molecular weight is 479 g/mol. The molecule has 1 aliphatic carbocycles. The minimum atomic E-state index is -3.10. The fourth-order valence-electron chi connectivity index (χ4n) is 5.26. The summed E-state index contributed by atoms with van der Waals surface area (Å²) in [4.78, 5) is 15.1. The topological polar surface area (TPSA) is 84.9 Å². The van der Waals surface area contributed by atoms with Crippen molar-refractivity contribution in [1.29, 1.82) is 0 Å². The number of likely N-dealkylation sites (tertiary alicyclic amines) is 1. The van der Waals surface area contributed by atoms with Crippen LogP contribution in [-0.4, -0.2) is 69.1 Å². The number of ether oxygens (including phenoxy) is 2. The summed E-state index contributed by atoms with van der Waals surface area (Å²) in [7, 11) is -3.10. The molecule has 3 aliphatic rings. The van der Waals surface area contributed by atoms with E-state index in [9.17, 15) is 13.2 Å². The standard InChI is InChI=1S/C25H38N2O5S/c28-25(9-6-16-33(29,30)22-7-2-1-3-8-22)26-21(19-27-12-4-5-13-27)17-20-10-11-23-24(18-20)32-15-14-31-23/h10-11,18,21-22H,1-9,12-17,19H2,(H,26,28). The van der Waals surface area contributed by atoms with Crippen LogP contribution in [0.15, 0.2) is 18.2 Å². The van der Waals surface area contributed by atoms with Crippen molar-refractivity contribution in [1.82, 2.24) is 10.2 Å². The van der Waals surface area contributed by atoms with E-state index in [0.717, 1.165) is 68.8 Å². The number of amides is 1. The van der Waals surface area contributed by atoms with Crippen LogP contribution in [-0.2, 0) is 21.1 Å². The Morgan fingerprint density at radius 1 is 1.03 bits per heavy atom. The van der Waals surface area contributed by atoms with Gasteiger partial charge in [0.1, 0.15) is 13.2 Å². The number of carbonyl (C=O) groups excluding carboxylic acids is 1. The molecule has 184 valence electrons. The lowest BCUT2D eigenvalue weighted by Crippen LogP contribution is -2.44. The molecular formula is C25H38N2O5S. The summed E-state index contributed by atoms with van der Waals surface area (Å²) < 4.78 is 36.6. The highest BCUT2D eigenvalue weighted by molar-refractivity contribution is 7.92. The zero-order valence-electron chi connectivity index (χ0n) is 19.6. The summed E-state index contributed by atoms with van der Waals surface area (Å²) in [5, 5.41) is 2.99. The fourth-order valence-corrected chi connectivity index (χ4v) is 7.19. The van der Waals surface area contributed by atoms with Gasteiger partial charge in [-0.25, -0.2) is 8.42 Å².